The number of likely N-dealkylation sites (N-methyl/N-ethyl adjacent to an activating group) is 2. The summed E-state index contributed by atoms with van der Waals surface area (Å²) in [6.07, 6.45) is 4.17. The summed E-state index contributed by atoms with van der Waals surface area (Å²) in [7, 11) is 3.77. The third-order valence-corrected chi connectivity index (χ3v) is 11.0. The number of amides is 3. The van der Waals surface area contributed by atoms with Crippen LogP contribution < -0.4 is 10.6 Å². The largest absolute Gasteiger partial charge is 0.481 e. The van der Waals surface area contributed by atoms with Crippen LogP contribution in [0.5, 0.6) is 0 Å². The molecule has 3 amide bonds. The van der Waals surface area contributed by atoms with Crippen molar-refractivity contribution in [1.82, 2.24) is 25.4 Å². The molecule has 1 saturated heterocycles. The molecule has 3 rings (SSSR count). The third kappa shape index (κ3) is 12.4. The number of likely N-dealkylation sites (tertiary alicyclic amines) is 1. The Hall–Kier alpha value is -3.35. The van der Waals surface area contributed by atoms with E-state index in [4.69, 9.17) is 9.72 Å². The Morgan fingerprint density at radius 1 is 1.04 bits per heavy atom. The molecule has 0 unspecified atom stereocenters. The second kappa shape index (κ2) is 20.0. The number of benzene rings is 1. The molecule has 0 bridgehead atoms. The van der Waals surface area contributed by atoms with Gasteiger partial charge in [-0.25, -0.2) is 4.98 Å². The van der Waals surface area contributed by atoms with E-state index in [1.54, 1.807) is 24.3 Å². The number of carbonyl (C=O) groups excluding carboxylic acids is 3. The van der Waals surface area contributed by atoms with E-state index in [9.17, 15) is 24.3 Å². The number of carboxylic acid groups (broad SMARTS) is 1. The molecule has 3 N–H and O–H groups in total. The van der Waals surface area contributed by atoms with Gasteiger partial charge in [-0.1, -0.05) is 77.8 Å². The predicted molar refractivity (Wildman–Crippen MR) is 202 cm³/mol. The molecular weight excluding hydrogens is 667 g/mol. The number of hydrogen-bond acceptors (Lipinski definition) is 8. The number of thiazole rings is 1. The fourth-order valence-corrected chi connectivity index (χ4v) is 7.63. The molecule has 1 aliphatic rings. The van der Waals surface area contributed by atoms with E-state index in [1.165, 1.54) is 11.3 Å². The highest BCUT2D eigenvalue weighted by atomic mass is 32.1. The number of nitrogens with zero attached hydrogens (tertiary/aromatic N) is 3. The van der Waals surface area contributed by atoms with Gasteiger partial charge in [-0.15, -0.1) is 11.3 Å². The highest BCUT2D eigenvalue weighted by Gasteiger charge is 2.37. The van der Waals surface area contributed by atoms with Crippen molar-refractivity contribution in [3.05, 3.63) is 52.0 Å². The first-order valence-corrected chi connectivity index (χ1v) is 19.5. The van der Waals surface area contributed by atoms with Gasteiger partial charge in [0.15, 0.2) is 0 Å². The molecule has 2 aromatic rings. The molecule has 0 aliphatic carbocycles. The molecule has 1 aromatic carbocycles. The van der Waals surface area contributed by atoms with Crippen molar-refractivity contribution in [3.8, 4) is 0 Å². The van der Waals surface area contributed by atoms with E-state index in [0.717, 1.165) is 37.8 Å². The first-order chi connectivity index (χ1) is 24.1. The minimum absolute atomic E-state index is 0.0578. The van der Waals surface area contributed by atoms with Gasteiger partial charge in [0.05, 0.1) is 18.1 Å². The van der Waals surface area contributed by atoms with Crippen LogP contribution in [0.25, 0.3) is 0 Å². The molecule has 0 radical (unpaired) electrons. The van der Waals surface area contributed by atoms with Crippen molar-refractivity contribution in [3.63, 3.8) is 0 Å². The molecule has 1 aliphatic heterocycles. The number of ether oxygens (including phenoxy) is 1. The van der Waals surface area contributed by atoms with Gasteiger partial charge in [0.25, 0.3) is 5.91 Å². The standard InChI is InChI=1S/C39H61N5O6S/c1-10-26(6)34(42-36(46)31-18-14-15-19-43(31)8)38(47)44(9)32(24(2)3)22-33(50-25(4)5)37-41-30(23-51-37)35(45)40-29(20-27(7)39(48)49)21-28-16-12-11-13-17-28/h11-13,16-17,23-27,29,31-34H,10,14-15,18-22H2,1-9H3,(H,40,45)(H,42,46)(H,48,49)/t26-,27-,29+,31+,32+,33+,34-/m0/s1. The Kier molecular flexibility index (Phi) is 16.5. The molecular formula is C39H61N5O6S. The van der Waals surface area contributed by atoms with Crippen molar-refractivity contribution < 1.29 is 29.0 Å². The lowest BCUT2D eigenvalue weighted by Gasteiger charge is -2.38. The third-order valence-electron chi connectivity index (χ3n) is 10.1. The van der Waals surface area contributed by atoms with Crippen LogP contribution in [-0.2, 0) is 25.5 Å². The van der Waals surface area contributed by atoms with Gasteiger partial charge in [0.1, 0.15) is 22.8 Å². The number of carboxylic acids is 1. The molecule has 51 heavy (non-hydrogen) atoms. The molecule has 1 fully saturated rings. The summed E-state index contributed by atoms with van der Waals surface area (Å²) in [6.45, 7) is 14.6. The maximum absolute atomic E-state index is 14.2. The van der Waals surface area contributed by atoms with Crippen molar-refractivity contribution in [2.75, 3.05) is 20.6 Å². The van der Waals surface area contributed by atoms with Crippen LogP contribution in [0.1, 0.15) is 114 Å². The van der Waals surface area contributed by atoms with Crippen molar-refractivity contribution in [2.24, 2.45) is 17.8 Å². The van der Waals surface area contributed by atoms with Crippen LogP contribution in [0, 0.1) is 17.8 Å². The Labute approximate surface area is 308 Å². The highest BCUT2D eigenvalue weighted by Crippen LogP contribution is 2.32. The Bertz CT molecular complexity index is 1420. The van der Waals surface area contributed by atoms with Crippen molar-refractivity contribution >= 4 is 35.0 Å². The molecule has 11 nitrogen and oxygen atoms in total. The Morgan fingerprint density at radius 2 is 1.73 bits per heavy atom. The lowest BCUT2D eigenvalue weighted by molar-refractivity contribution is -0.142. The lowest BCUT2D eigenvalue weighted by atomic mass is 9.92. The number of piperidine rings is 1. The zero-order valence-corrected chi connectivity index (χ0v) is 32.9. The topological polar surface area (TPSA) is 141 Å². The number of carbonyl (C=O) groups is 4. The van der Waals surface area contributed by atoms with Gasteiger partial charge in [-0.3, -0.25) is 24.1 Å². The van der Waals surface area contributed by atoms with Crippen LogP contribution >= 0.6 is 11.3 Å². The smallest absolute Gasteiger partial charge is 0.306 e. The summed E-state index contributed by atoms with van der Waals surface area (Å²) in [5.74, 6) is -2.14. The quantitative estimate of drug-likeness (QED) is 0.161. The molecule has 0 spiro atoms. The average molecular weight is 728 g/mol. The van der Waals surface area contributed by atoms with E-state index in [1.807, 2.05) is 65.1 Å². The van der Waals surface area contributed by atoms with Crippen molar-refractivity contribution in [2.45, 2.75) is 130 Å². The first kappa shape index (κ1) is 42.1. The first-order valence-electron chi connectivity index (χ1n) is 18.6. The molecule has 7 atom stereocenters. The number of nitrogens with one attached hydrogen (secondary N) is 2. The summed E-state index contributed by atoms with van der Waals surface area (Å²) in [4.78, 5) is 61.4. The maximum atomic E-state index is 14.2. The summed E-state index contributed by atoms with van der Waals surface area (Å²) < 4.78 is 6.40. The average Bonchev–Trinajstić information content (AvgIpc) is 3.59. The summed E-state index contributed by atoms with van der Waals surface area (Å²) >= 11 is 1.33. The fraction of sp³-hybridized carbons (Fsp3) is 0.667. The molecule has 0 saturated carbocycles. The Balaban J connectivity index is 1.81. The fourth-order valence-electron chi connectivity index (χ4n) is 6.78. The van der Waals surface area contributed by atoms with E-state index in [0.29, 0.717) is 17.8 Å². The zero-order valence-electron chi connectivity index (χ0n) is 32.1. The number of rotatable bonds is 19. The zero-order chi connectivity index (χ0) is 37.8. The van der Waals surface area contributed by atoms with Crippen LogP contribution in [-0.4, -0.2) is 94.5 Å². The van der Waals surface area contributed by atoms with Gasteiger partial charge in [-0.2, -0.15) is 0 Å². The molecule has 2 heterocycles. The second-order valence-corrected chi connectivity index (χ2v) is 15.8. The van der Waals surface area contributed by atoms with E-state index < -0.39 is 30.1 Å². The summed E-state index contributed by atoms with van der Waals surface area (Å²) in [5.41, 5.74) is 1.24. The monoisotopic (exact) mass is 727 g/mol. The highest BCUT2D eigenvalue weighted by molar-refractivity contribution is 7.09. The molecule has 1 aromatic heterocycles. The molecule has 12 heteroatoms. The number of hydrogen-bond donors (Lipinski definition) is 3. The van der Waals surface area contributed by atoms with E-state index in [-0.39, 0.29) is 59.9 Å². The van der Waals surface area contributed by atoms with E-state index in [2.05, 4.69) is 29.4 Å². The normalized spacial score (nSPS) is 18.8. The number of aliphatic carboxylic acids is 1. The van der Waals surface area contributed by atoms with E-state index >= 15 is 0 Å². The van der Waals surface area contributed by atoms with Crippen LogP contribution in [0.15, 0.2) is 35.7 Å². The Morgan fingerprint density at radius 3 is 2.31 bits per heavy atom. The van der Waals surface area contributed by atoms with Crippen LogP contribution in [0.2, 0.25) is 0 Å². The lowest BCUT2D eigenvalue weighted by Crippen LogP contribution is -2.58. The van der Waals surface area contributed by atoms with Gasteiger partial charge >= 0.3 is 5.97 Å². The van der Waals surface area contributed by atoms with Gasteiger partial charge < -0.3 is 25.4 Å². The second-order valence-electron chi connectivity index (χ2n) is 14.9. The summed E-state index contributed by atoms with van der Waals surface area (Å²) in [5, 5.41) is 18.1. The van der Waals surface area contributed by atoms with Gasteiger partial charge in [0.2, 0.25) is 11.8 Å². The number of aromatic nitrogens is 1. The van der Waals surface area contributed by atoms with Gasteiger partial charge in [-0.05, 0) is 70.5 Å². The SMILES string of the molecule is CC[C@H](C)[C@H](NC(=O)[C@H]1CCCCN1C)C(=O)N(C)[C@H](C[C@@H](OC(C)C)c1nc(C(=O)N[C@@H](Cc2ccccc2)C[C@H](C)C(=O)O)cs1)C(C)C. The molecule has 284 valence electrons. The minimum Gasteiger partial charge on any atom is -0.481 e. The minimum atomic E-state index is -0.912. The van der Waals surface area contributed by atoms with Crippen molar-refractivity contribution in [1.29, 1.82) is 0 Å². The van der Waals surface area contributed by atoms with Crippen LogP contribution in [0.3, 0.4) is 0 Å². The predicted octanol–water partition coefficient (Wildman–Crippen LogP) is 5.95. The van der Waals surface area contributed by atoms with Gasteiger partial charge in [0, 0.05) is 30.9 Å². The summed E-state index contributed by atoms with van der Waals surface area (Å²) in [6, 6.07) is 8.14. The van der Waals surface area contributed by atoms with Crippen LogP contribution in [0.4, 0.5) is 0 Å². The maximum Gasteiger partial charge on any atom is 0.306 e.